The highest BCUT2D eigenvalue weighted by atomic mass is 79.9. The first-order valence-corrected chi connectivity index (χ1v) is 7.16. The Labute approximate surface area is 89.5 Å². The summed E-state index contributed by atoms with van der Waals surface area (Å²) >= 11 is 4.58. The minimum Gasteiger partial charge on any atom is -0.387 e. The van der Waals surface area contributed by atoms with Crippen LogP contribution in [0.2, 0.25) is 0 Å². The minimum atomic E-state index is -3.12. The Kier molecular flexibility index (Phi) is 3.50. The Balaban J connectivity index is 2.75. The lowest BCUT2D eigenvalue weighted by molar-refractivity contribution is 0.205. The van der Waals surface area contributed by atoms with E-state index in [9.17, 15) is 13.5 Å². The highest BCUT2D eigenvalue weighted by Crippen LogP contribution is 2.27. The van der Waals surface area contributed by atoms with Gasteiger partial charge >= 0.3 is 0 Å². The first-order valence-electron chi connectivity index (χ1n) is 3.49. The second kappa shape index (κ2) is 4.08. The number of aliphatic hydroxyl groups excluding tert-OH is 1. The van der Waals surface area contributed by atoms with Gasteiger partial charge in [0.05, 0.1) is 9.54 Å². The van der Waals surface area contributed by atoms with Gasteiger partial charge in [-0.15, -0.1) is 11.3 Å². The van der Waals surface area contributed by atoms with Gasteiger partial charge in [-0.25, -0.2) is 8.42 Å². The summed E-state index contributed by atoms with van der Waals surface area (Å²) < 4.78 is 22.6. The molecular formula is C7H9BrO3S2. The van der Waals surface area contributed by atoms with Crippen molar-refractivity contribution in [3.05, 3.63) is 20.8 Å². The van der Waals surface area contributed by atoms with Crippen molar-refractivity contribution in [3.63, 3.8) is 0 Å². The molecule has 0 saturated heterocycles. The fourth-order valence-corrected chi connectivity index (χ4v) is 3.14. The zero-order valence-electron chi connectivity index (χ0n) is 6.90. The molecule has 1 atom stereocenters. The maximum Gasteiger partial charge on any atom is 0.150 e. The standard InChI is InChI=1S/C7H9BrO3S2/c1-13(10,11)4-5(9)6-2-3-7(8)12-6/h2-3,5,9H,4H2,1H3. The summed E-state index contributed by atoms with van der Waals surface area (Å²) in [6.45, 7) is 0. The third-order valence-corrected chi connectivity index (χ3v) is 4.03. The summed E-state index contributed by atoms with van der Waals surface area (Å²) in [6.07, 6.45) is 0.199. The van der Waals surface area contributed by atoms with E-state index in [1.165, 1.54) is 11.3 Å². The molecule has 0 spiro atoms. The molecule has 0 aliphatic rings. The first-order chi connectivity index (χ1) is 5.88. The van der Waals surface area contributed by atoms with E-state index in [4.69, 9.17) is 0 Å². The topological polar surface area (TPSA) is 54.4 Å². The van der Waals surface area contributed by atoms with Crippen molar-refractivity contribution in [1.82, 2.24) is 0 Å². The lowest BCUT2D eigenvalue weighted by atomic mass is 10.3. The maximum absolute atomic E-state index is 10.9. The van der Waals surface area contributed by atoms with Crippen molar-refractivity contribution >= 4 is 37.1 Å². The molecule has 1 N–H and O–H groups in total. The lowest BCUT2D eigenvalue weighted by Crippen LogP contribution is -2.11. The molecule has 13 heavy (non-hydrogen) atoms. The van der Waals surface area contributed by atoms with Crippen LogP contribution in [0.3, 0.4) is 0 Å². The molecule has 1 aromatic rings. The summed E-state index contributed by atoms with van der Waals surface area (Å²) in [5, 5.41) is 9.48. The van der Waals surface area contributed by atoms with Crippen molar-refractivity contribution in [2.75, 3.05) is 12.0 Å². The molecular weight excluding hydrogens is 276 g/mol. The molecule has 6 heteroatoms. The molecule has 0 amide bonds. The van der Waals surface area contributed by atoms with E-state index in [0.29, 0.717) is 4.88 Å². The van der Waals surface area contributed by atoms with Crippen LogP contribution in [-0.2, 0) is 9.84 Å². The quantitative estimate of drug-likeness (QED) is 0.917. The maximum atomic E-state index is 10.9. The van der Waals surface area contributed by atoms with E-state index < -0.39 is 15.9 Å². The van der Waals surface area contributed by atoms with Crippen LogP contribution in [0.4, 0.5) is 0 Å². The molecule has 0 bridgehead atoms. The third kappa shape index (κ3) is 3.76. The van der Waals surface area contributed by atoms with Crippen LogP contribution in [0.25, 0.3) is 0 Å². The molecule has 3 nitrogen and oxygen atoms in total. The van der Waals surface area contributed by atoms with Crippen molar-refractivity contribution < 1.29 is 13.5 Å². The molecule has 0 saturated carbocycles. The summed E-state index contributed by atoms with van der Waals surface area (Å²) in [7, 11) is -3.12. The Morgan fingerprint density at radius 3 is 2.62 bits per heavy atom. The minimum absolute atomic E-state index is 0.222. The number of aliphatic hydroxyl groups is 1. The highest BCUT2D eigenvalue weighted by Gasteiger charge is 2.15. The summed E-state index contributed by atoms with van der Waals surface area (Å²) in [5.41, 5.74) is 0. The van der Waals surface area contributed by atoms with Crippen LogP contribution in [0.5, 0.6) is 0 Å². The van der Waals surface area contributed by atoms with Gasteiger partial charge in [-0.05, 0) is 28.1 Å². The predicted octanol–water partition coefficient (Wildman–Crippen LogP) is 1.59. The molecule has 1 heterocycles. The van der Waals surface area contributed by atoms with E-state index in [1.54, 1.807) is 12.1 Å². The molecule has 1 unspecified atom stereocenters. The van der Waals surface area contributed by atoms with Crippen LogP contribution in [0.1, 0.15) is 11.0 Å². The molecule has 1 rings (SSSR count). The summed E-state index contributed by atoms with van der Waals surface area (Å²) in [5.74, 6) is -0.222. The number of thiophene rings is 1. The van der Waals surface area contributed by atoms with Gasteiger partial charge in [0.25, 0.3) is 0 Å². The van der Waals surface area contributed by atoms with Crippen LogP contribution < -0.4 is 0 Å². The van der Waals surface area contributed by atoms with Gasteiger partial charge in [0.15, 0.2) is 0 Å². The normalized spacial score (nSPS) is 14.4. The van der Waals surface area contributed by atoms with E-state index in [0.717, 1.165) is 10.0 Å². The van der Waals surface area contributed by atoms with Crippen molar-refractivity contribution in [2.24, 2.45) is 0 Å². The first kappa shape index (κ1) is 11.2. The highest BCUT2D eigenvalue weighted by molar-refractivity contribution is 9.11. The molecule has 0 aliphatic carbocycles. The van der Waals surface area contributed by atoms with Crippen LogP contribution in [-0.4, -0.2) is 25.5 Å². The van der Waals surface area contributed by atoms with Gasteiger partial charge in [-0.2, -0.15) is 0 Å². The average Bonchev–Trinajstić information content (AvgIpc) is 2.31. The zero-order valence-corrected chi connectivity index (χ0v) is 10.1. The van der Waals surface area contributed by atoms with Gasteiger partial charge < -0.3 is 5.11 Å². The molecule has 0 fully saturated rings. The zero-order chi connectivity index (χ0) is 10.1. The van der Waals surface area contributed by atoms with Gasteiger partial charge in [-0.3, -0.25) is 0 Å². The predicted molar refractivity (Wildman–Crippen MR) is 56.7 cm³/mol. The second-order valence-corrected chi connectivity index (χ2v) is 7.43. The average molecular weight is 285 g/mol. The fourth-order valence-electron chi connectivity index (χ4n) is 0.876. The molecule has 1 aromatic heterocycles. The van der Waals surface area contributed by atoms with Gasteiger partial charge in [-0.1, -0.05) is 0 Å². The molecule has 0 aliphatic heterocycles. The van der Waals surface area contributed by atoms with Gasteiger partial charge in [0.1, 0.15) is 15.9 Å². The number of hydrogen-bond donors (Lipinski definition) is 1. The van der Waals surface area contributed by atoms with E-state index in [2.05, 4.69) is 15.9 Å². The third-order valence-electron chi connectivity index (χ3n) is 1.38. The van der Waals surface area contributed by atoms with Crippen molar-refractivity contribution in [1.29, 1.82) is 0 Å². The largest absolute Gasteiger partial charge is 0.387 e. The lowest BCUT2D eigenvalue weighted by Gasteiger charge is -2.05. The molecule has 0 radical (unpaired) electrons. The van der Waals surface area contributed by atoms with E-state index in [1.807, 2.05) is 0 Å². The summed E-state index contributed by atoms with van der Waals surface area (Å²) in [4.78, 5) is 0.664. The second-order valence-electron chi connectivity index (χ2n) is 2.75. The van der Waals surface area contributed by atoms with Gasteiger partial charge in [0, 0.05) is 11.1 Å². The number of hydrogen-bond acceptors (Lipinski definition) is 4. The number of halogens is 1. The smallest absolute Gasteiger partial charge is 0.150 e. The fraction of sp³-hybridized carbons (Fsp3) is 0.429. The van der Waals surface area contributed by atoms with Crippen molar-refractivity contribution in [2.45, 2.75) is 6.10 Å². The summed E-state index contributed by atoms with van der Waals surface area (Å²) in [6, 6.07) is 3.50. The van der Waals surface area contributed by atoms with Gasteiger partial charge in [0.2, 0.25) is 0 Å². The Morgan fingerprint density at radius 1 is 1.62 bits per heavy atom. The Morgan fingerprint density at radius 2 is 2.23 bits per heavy atom. The van der Waals surface area contributed by atoms with Crippen LogP contribution in [0.15, 0.2) is 15.9 Å². The Hall–Kier alpha value is 0.0900. The number of sulfone groups is 1. The van der Waals surface area contributed by atoms with Crippen molar-refractivity contribution in [3.8, 4) is 0 Å². The monoisotopic (exact) mass is 284 g/mol. The Bertz CT molecular complexity index is 382. The van der Waals surface area contributed by atoms with Crippen LogP contribution >= 0.6 is 27.3 Å². The van der Waals surface area contributed by atoms with Crippen LogP contribution in [0, 0.1) is 0 Å². The van der Waals surface area contributed by atoms with E-state index in [-0.39, 0.29) is 5.75 Å². The van der Waals surface area contributed by atoms with E-state index >= 15 is 0 Å². The number of rotatable bonds is 3. The molecule has 74 valence electrons. The SMILES string of the molecule is CS(=O)(=O)CC(O)c1ccc(Br)s1. The molecule has 0 aromatic carbocycles.